The van der Waals surface area contributed by atoms with Crippen molar-refractivity contribution in [3.05, 3.63) is 69.6 Å². The van der Waals surface area contributed by atoms with Gasteiger partial charge in [-0.05, 0) is 36.2 Å². The summed E-state index contributed by atoms with van der Waals surface area (Å²) in [6.07, 6.45) is 3.80. The van der Waals surface area contributed by atoms with Crippen molar-refractivity contribution in [2.75, 3.05) is 0 Å². The molecule has 24 heavy (non-hydrogen) atoms. The van der Waals surface area contributed by atoms with Crippen molar-refractivity contribution < 1.29 is 9.50 Å². The number of imidazole rings is 1. The molecule has 2 atom stereocenters. The van der Waals surface area contributed by atoms with Crippen LogP contribution in [0.2, 0.25) is 5.02 Å². The molecule has 1 aliphatic carbocycles. The number of aromatic amines is 1. The molecule has 0 amide bonds. The molecule has 2 N–H and O–H groups in total. The monoisotopic (exact) mass is 345 g/mol. The van der Waals surface area contributed by atoms with Gasteiger partial charge in [-0.25, -0.2) is 9.18 Å². The summed E-state index contributed by atoms with van der Waals surface area (Å²) in [4.78, 5) is 18.6. The molecule has 7 heteroatoms. The highest BCUT2D eigenvalue weighted by Gasteiger charge is 2.42. The van der Waals surface area contributed by atoms with Gasteiger partial charge in [-0.2, -0.15) is 0 Å². The van der Waals surface area contributed by atoms with E-state index in [1.807, 2.05) is 12.1 Å². The highest BCUT2D eigenvalue weighted by atomic mass is 35.5. The highest BCUT2D eigenvalue weighted by molar-refractivity contribution is 6.31. The average Bonchev–Trinajstić information content (AvgIpc) is 3.29. The largest absolute Gasteiger partial charge is 0.493 e. The van der Waals surface area contributed by atoms with Crippen molar-refractivity contribution >= 4 is 11.6 Å². The minimum atomic E-state index is -0.463. The van der Waals surface area contributed by atoms with Crippen LogP contribution in [-0.4, -0.2) is 19.6 Å². The van der Waals surface area contributed by atoms with E-state index in [2.05, 4.69) is 9.97 Å². The van der Waals surface area contributed by atoms with E-state index < -0.39 is 5.82 Å². The Balaban J connectivity index is 1.57. The lowest BCUT2D eigenvalue weighted by atomic mass is 10.1. The van der Waals surface area contributed by atoms with Crippen molar-refractivity contribution in [1.82, 2.24) is 14.5 Å². The molecule has 5 nitrogen and oxygen atoms in total. The number of halogens is 2. The summed E-state index contributed by atoms with van der Waals surface area (Å²) in [6.45, 7) is 0. The maximum atomic E-state index is 13.2. The van der Waals surface area contributed by atoms with Gasteiger partial charge in [0.15, 0.2) is 0 Å². The number of pyridine rings is 1. The fraction of sp³-hybridized carbons (Fsp3) is 0.176. The number of aromatic nitrogens is 3. The van der Waals surface area contributed by atoms with Gasteiger partial charge in [0.1, 0.15) is 5.82 Å². The predicted molar refractivity (Wildman–Crippen MR) is 87.8 cm³/mol. The summed E-state index contributed by atoms with van der Waals surface area (Å²) in [5.41, 5.74) is 2.11. The van der Waals surface area contributed by atoms with Crippen LogP contribution < -0.4 is 5.69 Å². The van der Waals surface area contributed by atoms with Crippen LogP contribution in [0.4, 0.5) is 4.39 Å². The first kappa shape index (κ1) is 15.0. The number of rotatable bonds is 3. The summed E-state index contributed by atoms with van der Waals surface area (Å²) in [5.74, 6) is -0.379. The Morgan fingerprint density at radius 3 is 2.79 bits per heavy atom. The second kappa shape index (κ2) is 5.49. The summed E-state index contributed by atoms with van der Waals surface area (Å²) < 4.78 is 14.6. The van der Waals surface area contributed by atoms with Crippen molar-refractivity contribution in [2.45, 2.75) is 18.4 Å². The molecule has 122 valence electrons. The molecule has 4 rings (SSSR count). The minimum absolute atomic E-state index is 0.0574. The van der Waals surface area contributed by atoms with Gasteiger partial charge in [0.2, 0.25) is 5.88 Å². The first-order chi connectivity index (χ1) is 11.5. The van der Waals surface area contributed by atoms with Gasteiger partial charge in [0, 0.05) is 23.7 Å². The highest BCUT2D eigenvalue weighted by Crippen LogP contribution is 2.51. The normalized spacial score (nSPS) is 19.4. The fourth-order valence-corrected chi connectivity index (χ4v) is 3.15. The summed E-state index contributed by atoms with van der Waals surface area (Å²) >= 11 is 5.80. The zero-order valence-electron chi connectivity index (χ0n) is 12.4. The van der Waals surface area contributed by atoms with Crippen LogP contribution in [0.3, 0.4) is 0 Å². The van der Waals surface area contributed by atoms with Crippen molar-refractivity contribution in [1.29, 1.82) is 0 Å². The lowest BCUT2D eigenvalue weighted by molar-refractivity contribution is 0.413. The second-order valence-electron chi connectivity index (χ2n) is 5.84. The van der Waals surface area contributed by atoms with E-state index in [1.165, 1.54) is 22.9 Å². The number of aromatic hydroxyl groups is 1. The van der Waals surface area contributed by atoms with E-state index in [4.69, 9.17) is 11.6 Å². The van der Waals surface area contributed by atoms with Gasteiger partial charge < -0.3 is 10.1 Å². The summed E-state index contributed by atoms with van der Waals surface area (Å²) in [5, 5.41) is 9.78. The Morgan fingerprint density at radius 2 is 2.17 bits per heavy atom. The molecule has 1 aromatic carbocycles. The van der Waals surface area contributed by atoms with Crippen LogP contribution in [0.1, 0.15) is 23.9 Å². The molecule has 1 aliphatic rings. The lowest BCUT2D eigenvalue weighted by Gasteiger charge is -2.05. The van der Waals surface area contributed by atoms with Gasteiger partial charge in [-0.1, -0.05) is 17.7 Å². The van der Waals surface area contributed by atoms with E-state index in [9.17, 15) is 14.3 Å². The third-order valence-electron chi connectivity index (χ3n) is 4.31. The molecule has 0 radical (unpaired) electrons. The quantitative estimate of drug-likeness (QED) is 0.763. The SMILES string of the molecule is O=c1[nH]cc(O)n1[C@@H]1C[C@H]1c1ccc(-c2ccc(F)c(Cl)c2)nc1. The number of nitrogens with one attached hydrogen (secondary N) is 1. The standard InChI is InChI=1S/C17H13ClFN3O2/c18-12-5-9(1-3-13(12)19)14-4-2-10(7-20-14)11-6-15(11)22-16(23)8-21-17(22)24/h1-5,7-8,11,15,23H,6H2,(H,21,24)/t11-,15+/m0/s1. The maximum absolute atomic E-state index is 13.2. The number of H-pyrrole nitrogens is 1. The molecule has 1 fully saturated rings. The van der Waals surface area contributed by atoms with E-state index in [0.29, 0.717) is 5.69 Å². The van der Waals surface area contributed by atoms with E-state index >= 15 is 0 Å². The summed E-state index contributed by atoms with van der Waals surface area (Å²) in [6, 6.07) is 8.19. The van der Waals surface area contributed by atoms with E-state index in [1.54, 1.807) is 12.3 Å². The molecule has 3 aromatic rings. The minimum Gasteiger partial charge on any atom is -0.493 e. The van der Waals surface area contributed by atoms with Crippen molar-refractivity contribution in [2.24, 2.45) is 0 Å². The Morgan fingerprint density at radius 1 is 1.33 bits per heavy atom. The van der Waals surface area contributed by atoms with Crippen LogP contribution >= 0.6 is 11.6 Å². The van der Waals surface area contributed by atoms with Crippen molar-refractivity contribution in [3.63, 3.8) is 0 Å². The molecule has 0 unspecified atom stereocenters. The zero-order chi connectivity index (χ0) is 16.8. The first-order valence-corrected chi connectivity index (χ1v) is 7.82. The fourth-order valence-electron chi connectivity index (χ4n) is 2.97. The Labute approximate surface area is 141 Å². The van der Waals surface area contributed by atoms with Gasteiger partial charge in [-0.15, -0.1) is 0 Å². The van der Waals surface area contributed by atoms with E-state index in [0.717, 1.165) is 17.5 Å². The van der Waals surface area contributed by atoms with Gasteiger partial charge in [-0.3, -0.25) is 9.55 Å². The van der Waals surface area contributed by atoms with Crippen LogP contribution in [-0.2, 0) is 0 Å². The molecular weight excluding hydrogens is 333 g/mol. The predicted octanol–water partition coefficient (Wildman–Crippen LogP) is 3.47. The third-order valence-corrected chi connectivity index (χ3v) is 4.60. The van der Waals surface area contributed by atoms with Crippen LogP contribution in [0.5, 0.6) is 5.88 Å². The average molecular weight is 346 g/mol. The Hall–Kier alpha value is -2.60. The van der Waals surface area contributed by atoms with Gasteiger partial charge in [0.05, 0.1) is 16.9 Å². The lowest BCUT2D eigenvalue weighted by Crippen LogP contribution is -2.15. The smallest absolute Gasteiger partial charge is 0.328 e. The van der Waals surface area contributed by atoms with Gasteiger partial charge >= 0.3 is 5.69 Å². The van der Waals surface area contributed by atoms with Crippen LogP contribution in [0.15, 0.2) is 47.5 Å². The van der Waals surface area contributed by atoms with Crippen molar-refractivity contribution in [3.8, 4) is 17.1 Å². The van der Waals surface area contributed by atoms with Crippen LogP contribution in [0, 0.1) is 5.82 Å². The molecular formula is C17H13ClFN3O2. The molecule has 2 heterocycles. The molecule has 2 aromatic heterocycles. The topological polar surface area (TPSA) is 70.9 Å². The Bertz CT molecular complexity index is 965. The van der Waals surface area contributed by atoms with Gasteiger partial charge in [0.25, 0.3) is 0 Å². The number of benzene rings is 1. The van der Waals surface area contributed by atoms with E-state index in [-0.39, 0.29) is 28.6 Å². The zero-order valence-corrected chi connectivity index (χ0v) is 13.2. The number of hydrogen-bond acceptors (Lipinski definition) is 3. The molecule has 0 saturated heterocycles. The maximum Gasteiger partial charge on any atom is 0.328 e. The third kappa shape index (κ3) is 2.49. The molecule has 0 spiro atoms. The second-order valence-corrected chi connectivity index (χ2v) is 6.24. The molecule has 0 aliphatic heterocycles. The van der Waals surface area contributed by atoms with Crippen LogP contribution in [0.25, 0.3) is 11.3 Å². The summed E-state index contributed by atoms with van der Waals surface area (Å²) in [7, 11) is 0. The first-order valence-electron chi connectivity index (χ1n) is 7.45. The molecule has 1 saturated carbocycles. The Kier molecular flexibility index (Phi) is 3.42. The number of hydrogen-bond donors (Lipinski definition) is 2. The number of nitrogens with zero attached hydrogens (tertiary/aromatic N) is 2. The molecule has 0 bridgehead atoms.